The predicted molar refractivity (Wildman–Crippen MR) is 51.1 cm³/mol. The first-order valence-electron chi connectivity index (χ1n) is 3.65. The summed E-state index contributed by atoms with van der Waals surface area (Å²) in [7, 11) is 0. The monoisotopic (exact) mass is 242 g/mol. The molecule has 0 spiro atoms. The number of rotatable bonds is 1. The third kappa shape index (κ3) is 1.25. The molecule has 0 amide bonds. The highest BCUT2D eigenvalue weighted by molar-refractivity contribution is 9.10. The van der Waals surface area contributed by atoms with Crippen LogP contribution in [-0.2, 0) is 0 Å². The van der Waals surface area contributed by atoms with Gasteiger partial charge in [0.2, 0.25) is 5.76 Å². The largest absolute Gasteiger partial charge is 0.461 e. The molecule has 0 unspecified atom stereocenters. The van der Waals surface area contributed by atoms with Gasteiger partial charge in [0.25, 0.3) is 0 Å². The molecule has 0 saturated heterocycles. The minimum Gasteiger partial charge on any atom is -0.461 e. The van der Waals surface area contributed by atoms with Crippen molar-refractivity contribution >= 4 is 21.7 Å². The van der Waals surface area contributed by atoms with Crippen LogP contribution in [0.25, 0.3) is 11.5 Å². The lowest BCUT2D eigenvalue weighted by Crippen LogP contribution is -1.83. The Morgan fingerprint density at radius 1 is 1.46 bits per heavy atom. The molecule has 68 valence electrons. The fourth-order valence-corrected chi connectivity index (χ4v) is 1.36. The van der Waals surface area contributed by atoms with Crippen LogP contribution in [0.3, 0.4) is 0 Å². The second-order valence-electron chi connectivity index (χ2n) is 2.64. The summed E-state index contributed by atoms with van der Waals surface area (Å²) in [6, 6.07) is 1.85. The Morgan fingerprint density at radius 3 is 2.69 bits per heavy atom. The van der Waals surface area contributed by atoms with E-state index in [0.717, 1.165) is 5.56 Å². The van der Waals surface area contributed by atoms with Gasteiger partial charge < -0.3 is 14.7 Å². The topological polar surface area (TPSA) is 65.2 Å². The Labute approximate surface area is 82.8 Å². The van der Waals surface area contributed by atoms with Crippen molar-refractivity contribution < 1.29 is 8.94 Å². The highest BCUT2D eigenvalue weighted by atomic mass is 79.9. The Balaban J connectivity index is 2.59. The van der Waals surface area contributed by atoms with Crippen LogP contribution in [0.2, 0.25) is 0 Å². The Morgan fingerprint density at radius 2 is 2.23 bits per heavy atom. The lowest BCUT2D eigenvalue weighted by atomic mass is 10.2. The van der Waals surface area contributed by atoms with Gasteiger partial charge in [0, 0.05) is 0 Å². The molecule has 2 aromatic heterocycles. The summed E-state index contributed by atoms with van der Waals surface area (Å²) in [6.45, 7) is 1.92. The Kier molecular flexibility index (Phi) is 1.88. The summed E-state index contributed by atoms with van der Waals surface area (Å²) in [5.74, 6) is 1.50. The number of hydrogen-bond acceptors (Lipinski definition) is 4. The molecule has 0 atom stereocenters. The molecular weight excluding hydrogens is 236 g/mol. The van der Waals surface area contributed by atoms with Crippen LogP contribution in [0, 0.1) is 6.92 Å². The van der Waals surface area contributed by atoms with Crippen LogP contribution >= 0.6 is 15.9 Å². The molecule has 13 heavy (non-hydrogen) atoms. The van der Waals surface area contributed by atoms with E-state index in [2.05, 4.69) is 21.1 Å². The van der Waals surface area contributed by atoms with Crippen LogP contribution in [-0.4, -0.2) is 5.16 Å². The number of aryl methyl sites for hydroxylation is 1. The molecule has 0 aliphatic carbocycles. The number of anilines is 1. The van der Waals surface area contributed by atoms with Crippen molar-refractivity contribution in [1.82, 2.24) is 5.16 Å². The maximum Gasteiger partial charge on any atom is 0.218 e. The van der Waals surface area contributed by atoms with Crippen LogP contribution in [0.15, 0.2) is 25.7 Å². The maximum absolute atomic E-state index is 5.50. The van der Waals surface area contributed by atoms with Gasteiger partial charge in [0.15, 0.2) is 11.6 Å². The molecule has 0 radical (unpaired) electrons. The summed E-state index contributed by atoms with van der Waals surface area (Å²) < 4.78 is 10.9. The summed E-state index contributed by atoms with van der Waals surface area (Å²) in [5, 5.41) is 3.61. The van der Waals surface area contributed by atoms with Gasteiger partial charge in [-0.1, -0.05) is 5.16 Å². The third-order valence-corrected chi connectivity index (χ3v) is 2.49. The van der Waals surface area contributed by atoms with Crippen LogP contribution in [0.5, 0.6) is 0 Å². The van der Waals surface area contributed by atoms with Gasteiger partial charge in [0.05, 0.1) is 6.26 Å². The van der Waals surface area contributed by atoms with E-state index in [-0.39, 0.29) is 0 Å². The zero-order valence-electron chi connectivity index (χ0n) is 6.87. The molecule has 0 aliphatic rings. The summed E-state index contributed by atoms with van der Waals surface area (Å²) in [5.41, 5.74) is 6.49. The molecule has 0 aromatic carbocycles. The summed E-state index contributed by atoms with van der Waals surface area (Å²) >= 11 is 3.26. The minimum absolute atomic E-state index is 0.325. The van der Waals surface area contributed by atoms with Crippen LogP contribution in [0.1, 0.15) is 5.56 Å². The number of nitrogens with two attached hydrogens (primary N) is 1. The molecular formula is C8H7BrN2O2. The van der Waals surface area contributed by atoms with Gasteiger partial charge in [-0.3, -0.25) is 0 Å². The fraction of sp³-hybridized carbons (Fsp3) is 0.125. The molecule has 4 nitrogen and oxygen atoms in total. The first kappa shape index (κ1) is 8.37. The summed E-state index contributed by atoms with van der Waals surface area (Å²) in [6.07, 6.45) is 1.59. The number of aromatic nitrogens is 1. The lowest BCUT2D eigenvalue weighted by Gasteiger charge is -1.91. The van der Waals surface area contributed by atoms with Crippen molar-refractivity contribution in [3.05, 3.63) is 22.4 Å². The van der Waals surface area contributed by atoms with E-state index in [1.807, 2.05) is 13.0 Å². The quantitative estimate of drug-likeness (QED) is 0.835. The van der Waals surface area contributed by atoms with Crippen molar-refractivity contribution in [2.45, 2.75) is 6.92 Å². The smallest absolute Gasteiger partial charge is 0.218 e. The molecule has 0 saturated carbocycles. The highest BCUT2D eigenvalue weighted by Gasteiger charge is 2.17. The van der Waals surface area contributed by atoms with E-state index in [1.165, 1.54) is 0 Å². The highest BCUT2D eigenvalue weighted by Crippen LogP contribution is 2.34. The minimum atomic E-state index is 0.325. The number of nitrogen functional groups attached to an aromatic ring is 1. The number of hydrogen-bond donors (Lipinski definition) is 1. The van der Waals surface area contributed by atoms with Crippen LogP contribution in [0.4, 0.5) is 5.82 Å². The van der Waals surface area contributed by atoms with E-state index in [9.17, 15) is 0 Å². The van der Waals surface area contributed by atoms with E-state index >= 15 is 0 Å². The van der Waals surface area contributed by atoms with Gasteiger partial charge in [-0.05, 0) is 34.5 Å². The van der Waals surface area contributed by atoms with Crippen molar-refractivity contribution in [3.8, 4) is 11.5 Å². The van der Waals surface area contributed by atoms with Gasteiger partial charge in [-0.15, -0.1) is 0 Å². The molecule has 2 heterocycles. The zero-order valence-corrected chi connectivity index (χ0v) is 8.46. The first-order chi connectivity index (χ1) is 6.20. The van der Waals surface area contributed by atoms with E-state index in [4.69, 9.17) is 14.7 Å². The standard InChI is InChI=1S/C8H7BrN2O2/c1-4-2-3-12-6(4)7-5(9)8(10)11-13-7/h2-3H,1H3,(H2,10,11). The van der Waals surface area contributed by atoms with E-state index in [1.54, 1.807) is 6.26 Å². The van der Waals surface area contributed by atoms with E-state index in [0.29, 0.717) is 21.8 Å². The van der Waals surface area contributed by atoms with Crippen LogP contribution < -0.4 is 5.73 Å². The molecule has 0 bridgehead atoms. The molecule has 2 aromatic rings. The predicted octanol–water partition coefficient (Wildman–Crippen LogP) is 2.59. The second kappa shape index (κ2) is 2.92. The molecule has 0 aliphatic heterocycles. The van der Waals surface area contributed by atoms with Gasteiger partial charge >= 0.3 is 0 Å². The second-order valence-corrected chi connectivity index (χ2v) is 3.44. The van der Waals surface area contributed by atoms with Crippen molar-refractivity contribution in [2.24, 2.45) is 0 Å². The molecule has 0 fully saturated rings. The normalized spacial score (nSPS) is 10.6. The SMILES string of the molecule is Cc1ccoc1-c1onc(N)c1Br. The zero-order chi connectivity index (χ0) is 9.42. The average Bonchev–Trinajstić information content (AvgIpc) is 2.62. The van der Waals surface area contributed by atoms with Gasteiger partial charge in [-0.2, -0.15) is 0 Å². The maximum atomic E-state index is 5.50. The van der Waals surface area contributed by atoms with Crippen molar-refractivity contribution in [2.75, 3.05) is 5.73 Å². The lowest BCUT2D eigenvalue weighted by molar-refractivity contribution is 0.420. The first-order valence-corrected chi connectivity index (χ1v) is 4.44. The van der Waals surface area contributed by atoms with Crippen molar-refractivity contribution in [1.29, 1.82) is 0 Å². The molecule has 5 heteroatoms. The average molecular weight is 243 g/mol. The Bertz CT molecular complexity index is 433. The van der Waals surface area contributed by atoms with E-state index < -0.39 is 0 Å². The molecule has 2 rings (SSSR count). The fourth-order valence-electron chi connectivity index (χ4n) is 1.04. The third-order valence-electron chi connectivity index (χ3n) is 1.73. The number of nitrogens with zero attached hydrogens (tertiary/aromatic N) is 1. The summed E-state index contributed by atoms with van der Waals surface area (Å²) in [4.78, 5) is 0. The number of furan rings is 1. The van der Waals surface area contributed by atoms with Crippen molar-refractivity contribution in [3.63, 3.8) is 0 Å². The van der Waals surface area contributed by atoms with Gasteiger partial charge in [0.1, 0.15) is 4.47 Å². The van der Waals surface area contributed by atoms with Gasteiger partial charge in [-0.25, -0.2) is 0 Å². The molecule has 2 N–H and O–H groups in total. The number of halogens is 1. The Hall–Kier alpha value is -1.23.